The topological polar surface area (TPSA) is 144 Å². The molecular weight excluding hydrogens is 494 g/mol. The average Bonchev–Trinajstić information content (AvgIpc) is 3.17. The van der Waals surface area contributed by atoms with Crippen LogP contribution in [0.2, 0.25) is 0 Å². The molecule has 3 aromatic rings. The van der Waals surface area contributed by atoms with Gasteiger partial charge in [-0.15, -0.1) is 0 Å². The molecule has 0 saturated carbocycles. The van der Waals surface area contributed by atoms with Crippen LogP contribution in [0, 0.1) is 0 Å². The van der Waals surface area contributed by atoms with Crippen LogP contribution in [0.3, 0.4) is 0 Å². The van der Waals surface area contributed by atoms with E-state index in [4.69, 9.17) is 4.74 Å². The fraction of sp³-hybridized carbons (Fsp3) is 0.304. The first-order chi connectivity index (χ1) is 16.6. The quantitative estimate of drug-likeness (QED) is 0.308. The SMILES string of the molecule is CCCS(=O)(=O)c1c(S(=O)(=O)CCC)c2ccccn2c1C(=O)N/N=C/c1cc(OC)ccc1O. The minimum Gasteiger partial charge on any atom is -0.507 e. The number of pyridine rings is 1. The fourth-order valence-electron chi connectivity index (χ4n) is 3.68. The number of aromatic hydroxyl groups is 1. The summed E-state index contributed by atoms with van der Waals surface area (Å²) in [4.78, 5) is 12.3. The number of amides is 1. The van der Waals surface area contributed by atoms with Crippen molar-refractivity contribution in [2.24, 2.45) is 5.10 Å². The number of hydrogen-bond donors (Lipinski definition) is 2. The summed E-state index contributed by atoms with van der Waals surface area (Å²) in [6, 6.07) is 9.02. The summed E-state index contributed by atoms with van der Waals surface area (Å²) in [5.41, 5.74) is 2.24. The largest absolute Gasteiger partial charge is 0.507 e. The molecule has 0 unspecified atom stereocenters. The van der Waals surface area contributed by atoms with Gasteiger partial charge in [0.2, 0.25) is 0 Å². The lowest BCUT2D eigenvalue weighted by atomic mass is 10.2. The highest BCUT2D eigenvalue weighted by Crippen LogP contribution is 2.34. The molecule has 10 nitrogen and oxygen atoms in total. The van der Waals surface area contributed by atoms with Gasteiger partial charge in [0.15, 0.2) is 19.7 Å². The first-order valence-electron chi connectivity index (χ1n) is 10.9. The van der Waals surface area contributed by atoms with E-state index in [0.29, 0.717) is 5.75 Å². The summed E-state index contributed by atoms with van der Waals surface area (Å²) in [6.45, 7) is 3.32. The number of nitrogens with zero attached hydrogens (tertiary/aromatic N) is 2. The smallest absolute Gasteiger partial charge is 0.289 e. The van der Waals surface area contributed by atoms with Crippen LogP contribution in [0.5, 0.6) is 11.5 Å². The van der Waals surface area contributed by atoms with E-state index >= 15 is 0 Å². The van der Waals surface area contributed by atoms with Gasteiger partial charge in [-0.3, -0.25) is 4.79 Å². The number of phenolic OH excluding ortho intramolecular Hbond substituents is 1. The summed E-state index contributed by atoms with van der Waals surface area (Å²) in [5, 5.41) is 13.8. The molecule has 0 aliphatic heterocycles. The highest BCUT2D eigenvalue weighted by molar-refractivity contribution is 7.94. The molecule has 188 valence electrons. The molecule has 0 bridgehead atoms. The van der Waals surface area contributed by atoms with Crippen LogP contribution >= 0.6 is 0 Å². The van der Waals surface area contributed by atoms with Crippen LogP contribution in [0.15, 0.2) is 57.5 Å². The predicted molar refractivity (Wildman–Crippen MR) is 132 cm³/mol. The Labute approximate surface area is 204 Å². The Balaban J connectivity index is 2.18. The van der Waals surface area contributed by atoms with E-state index in [1.54, 1.807) is 32.0 Å². The van der Waals surface area contributed by atoms with Crippen molar-refractivity contribution >= 4 is 37.3 Å². The van der Waals surface area contributed by atoms with Crippen molar-refractivity contribution < 1.29 is 31.5 Å². The van der Waals surface area contributed by atoms with Crippen molar-refractivity contribution in [3.8, 4) is 11.5 Å². The van der Waals surface area contributed by atoms with Crippen LogP contribution in [0.4, 0.5) is 0 Å². The Kier molecular flexibility index (Phi) is 7.86. The Morgan fingerprint density at radius 3 is 2.34 bits per heavy atom. The molecule has 35 heavy (non-hydrogen) atoms. The molecule has 2 aromatic heterocycles. The molecule has 3 rings (SSSR count). The number of methoxy groups -OCH3 is 1. The monoisotopic (exact) mass is 521 g/mol. The molecule has 12 heteroatoms. The lowest BCUT2D eigenvalue weighted by Crippen LogP contribution is -2.23. The minimum absolute atomic E-state index is 0.0928. The van der Waals surface area contributed by atoms with Gasteiger partial charge < -0.3 is 14.2 Å². The third-order valence-electron chi connectivity index (χ3n) is 5.14. The molecule has 2 heterocycles. The normalized spacial score (nSPS) is 12.3. The van der Waals surface area contributed by atoms with Crippen LogP contribution in [-0.2, 0) is 19.7 Å². The van der Waals surface area contributed by atoms with Gasteiger partial charge in [0.05, 0.1) is 30.3 Å². The van der Waals surface area contributed by atoms with Gasteiger partial charge in [0, 0.05) is 11.8 Å². The molecule has 1 aromatic carbocycles. The van der Waals surface area contributed by atoms with Crippen LogP contribution < -0.4 is 10.2 Å². The molecule has 1 amide bonds. The highest BCUT2D eigenvalue weighted by Gasteiger charge is 2.36. The number of carbonyl (C=O) groups excluding carboxylic acids is 1. The number of hydrazone groups is 1. The van der Waals surface area contributed by atoms with Crippen molar-refractivity contribution in [2.75, 3.05) is 18.6 Å². The molecule has 2 N–H and O–H groups in total. The minimum atomic E-state index is -4.14. The number of phenols is 1. The van der Waals surface area contributed by atoms with Crippen LogP contribution in [-0.4, -0.2) is 57.1 Å². The molecule has 0 atom stereocenters. The zero-order chi connectivity index (χ0) is 25.8. The van der Waals surface area contributed by atoms with E-state index in [-0.39, 0.29) is 51.8 Å². The van der Waals surface area contributed by atoms with E-state index in [1.165, 1.54) is 42.1 Å². The van der Waals surface area contributed by atoms with Gasteiger partial charge in [0.25, 0.3) is 5.91 Å². The lowest BCUT2D eigenvalue weighted by Gasteiger charge is -2.09. The van der Waals surface area contributed by atoms with Crippen molar-refractivity contribution in [2.45, 2.75) is 36.5 Å². The zero-order valence-corrected chi connectivity index (χ0v) is 21.2. The number of carbonyl (C=O) groups is 1. The molecule has 0 aliphatic rings. The number of hydrogen-bond acceptors (Lipinski definition) is 8. The second-order valence-corrected chi connectivity index (χ2v) is 11.8. The van der Waals surface area contributed by atoms with E-state index in [9.17, 15) is 26.7 Å². The number of sulfone groups is 2. The van der Waals surface area contributed by atoms with Gasteiger partial charge in [-0.25, -0.2) is 22.3 Å². The average molecular weight is 522 g/mol. The Morgan fingerprint density at radius 1 is 1.06 bits per heavy atom. The highest BCUT2D eigenvalue weighted by atomic mass is 32.2. The van der Waals surface area contributed by atoms with Crippen molar-refractivity contribution in [3.05, 3.63) is 53.9 Å². The van der Waals surface area contributed by atoms with Crippen LogP contribution in [0.1, 0.15) is 42.7 Å². The van der Waals surface area contributed by atoms with E-state index < -0.39 is 30.5 Å². The zero-order valence-electron chi connectivity index (χ0n) is 19.6. The van der Waals surface area contributed by atoms with E-state index in [0.717, 1.165) is 0 Å². The Hall–Kier alpha value is -3.38. The first kappa shape index (κ1) is 26.2. The number of ether oxygens (including phenoxy) is 1. The number of fused-ring (bicyclic) bond motifs is 1. The third-order valence-corrected chi connectivity index (χ3v) is 9.22. The van der Waals surface area contributed by atoms with Gasteiger partial charge >= 0.3 is 0 Å². The van der Waals surface area contributed by atoms with Crippen molar-refractivity contribution in [1.82, 2.24) is 9.83 Å². The first-order valence-corrected chi connectivity index (χ1v) is 14.2. The molecule has 0 saturated heterocycles. The second kappa shape index (κ2) is 10.5. The number of nitrogens with one attached hydrogen (secondary N) is 1. The summed E-state index contributed by atoms with van der Waals surface area (Å²) in [5.74, 6) is -1.19. The lowest BCUT2D eigenvalue weighted by molar-refractivity contribution is 0.0945. The summed E-state index contributed by atoms with van der Waals surface area (Å²) >= 11 is 0. The molecule has 0 spiro atoms. The second-order valence-electron chi connectivity index (χ2n) is 7.72. The maximum Gasteiger partial charge on any atom is 0.289 e. The third kappa shape index (κ3) is 5.33. The molecule has 0 radical (unpaired) electrons. The van der Waals surface area contributed by atoms with Gasteiger partial charge in [-0.05, 0) is 43.2 Å². The van der Waals surface area contributed by atoms with E-state index in [2.05, 4.69) is 10.5 Å². The van der Waals surface area contributed by atoms with Crippen molar-refractivity contribution in [3.63, 3.8) is 0 Å². The molecule has 0 fully saturated rings. The number of benzene rings is 1. The van der Waals surface area contributed by atoms with E-state index in [1.807, 2.05) is 0 Å². The summed E-state index contributed by atoms with van der Waals surface area (Å²) in [6.07, 6.45) is 3.10. The van der Waals surface area contributed by atoms with Crippen molar-refractivity contribution in [1.29, 1.82) is 0 Å². The van der Waals surface area contributed by atoms with Gasteiger partial charge in [-0.2, -0.15) is 5.10 Å². The molecule has 0 aliphatic carbocycles. The van der Waals surface area contributed by atoms with Gasteiger partial charge in [-0.1, -0.05) is 19.9 Å². The number of rotatable bonds is 10. The summed E-state index contributed by atoms with van der Waals surface area (Å²) in [7, 11) is -6.71. The predicted octanol–water partition coefficient (Wildman–Crippen LogP) is 2.78. The standard InChI is InChI=1S/C23H27N3O7S2/c1-4-12-34(29,30)21-18-8-6-7-11-26(18)20(22(21)35(31,32)13-5-2)23(28)25-24-15-16-14-17(33-3)9-10-19(16)27/h6-11,14-15,27H,4-5,12-13H2,1-3H3,(H,25,28)/b24-15+. The fourth-order valence-corrected chi connectivity index (χ4v) is 7.66. The molecular formula is C23H27N3O7S2. The van der Waals surface area contributed by atoms with Crippen LogP contribution in [0.25, 0.3) is 5.52 Å². The Bertz CT molecular complexity index is 1490. The maximum atomic E-state index is 13.3. The van der Waals surface area contributed by atoms with Gasteiger partial charge in [0.1, 0.15) is 27.0 Å². The Morgan fingerprint density at radius 2 is 1.71 bits per heavy atom. The number of aromatic nitrogens is 1. The summed E-state index contributed by atoms with van der Waals surface area (Å²) < 4.78 is 59.2. The maximum absolute atomic E-state index is 13.3.